The summed E-state index contributed by atoms with van der Waals surface area (Å²) in [4.78, 5) is 34.7. The Morgan fingerprint density at radius 3 is 2.36 bits per heavy atom. The molecule has 1 N–H and O–H groups in total. The van der Waals surface area contributed by atoms with E-state index in [0.717, 1.165) is 5.56 Å². The highest BCUT2D eigenvalue weighted by molar-refractivity contribution is 6.30. The SMILES string of the molecule is CCOC(=O)NC(=O)COC(=O)C1(c2ccc(Cl)cc2)CC1. The molecular formula is C15H16ClNO5. The molecule has 0 atom stereocenters. The summed E-state index contributed by atoms with van der Waals surface area (Å²) in [6.45, 7) is 1.25. The molecule has 0 bridgehead atoms. The lowest BCUT2D eigenvalue weighted by atomic mass is 9.96. The molecule has 2 rings (SSSR count). The third-order valence-corrected chi connectivity index (χ3v) is 3.64. The molecule has 1 aliphatic carbocycles. The summed E-state index contributed by atoms with van der Waals surface area (Å²) < 4.78 is 9.56. The van der Waals surface area contributed by atoms with Crippen molar-refractivity contribution in [1.82, 2.24) is 5.32 Å². The maximum Gasteiger partial charge on any atom is 0.413 e. The second-order valence-electron chi connectivity index (χ2n) is 4.93. The smallest absolute Gasteiger partial charge is 0.413 e. The van der Waals surface area contributed by atoms with Crippen LogP contribution in [0.4, 0.5) is 4.79 Å². The monoisotopic (exact) mass is 325 g/mol. The summed E-state index contributed by atoms with van der Waals surface area (Å²) in [5.74, 6) is -1.20. The zero-order chi connectivity index (χ0) is 16.2. The number of carbonyl (C=O) groups is 3. The predicted octanol–water partition coefficient (Wildman–Crippen LogP) is 2.19. The molecule has 0 radical (unpaired) electrons. The van der Waals surface area contributed by atoms with Gasteiger partial charge < -0.3 is 9.47 Å². The van der Waals surface area contributed by atoms with E-state index in [2.05, 4.69) is 4.74 Å². The third kappa shape index (κ3) is 3.76. The number of alkyl carbamates (subject to hydrolysis) is 1. The third-order valence-electron chi connectivity index (χ3n) is 3.39. The number of rotatable bonds is 5. The van der Waals surface area contributed by atoms with Crippen LogP contribution in [0.2, 0.25) is 5.02 Å². The van der Waals surface area contributed by atoms with Crippen molar-refractivity contribution >= 4 is 29.6 Å². The highest BCUT2D eigenvalue weighted by Crippen LogP contribution is 2.49. The van der Waals surface area contributed by atoms with Crippen LogP contribution in [0.1, 0.15) is 25.3 Å². The molecule has 0 spiro atoms. The number of halogens is 1. The van der Waals surface area contributed by atoms with Crippen LogP contribution in [0.5, 0.6) is 0 Å². The summed E-state index contributed by atoms with van der Waals surface area (Å²) in [6, 6.07) is 6.96. The van der Waals surface area contributed by atoms with Crippen molar-refractivity contribution < 1.29 is 23.9 Å². The molecule has 2 amide bonds. The van der Waals surface area contributed by atoms with E-state index in [-0.39, 0.29) is 6.61 Å². The summed E-state index contributed by atoms with van der Waals surface area (Å²) in [7, 11) is 0. The summed E-state index contributed by atoms with van der Waals surface area (Å²) in [5.41, 5.74) is 0.113. The number of hydrogen-bond acceptors (Lipinski definition) is 5. The number of ether oxygens (including phenoxy) is 2. The molecular weight excluding hydrogens is 310 g/mol. The Bertz CT molecular complexity index is 580. The zero-order valence-electron chi connectivity index (χ0n) is 12.1. The summed E-state index contributed by atoms with van der Waals surface area (Å²) in [5, 5.41) is 2.55. The van der Waals surface area contributed by atoms with E-state index in [1.54, 1.807) is 31.2 Å². The average Bonchev–Trinajstić information content (AvgIpc) is 3.27. The molecule has 1 aromatic carbocycles. The maximum atomic E-state index is 12.2. The number of imide groups is 1. The van der Waals surface area contributed by atoms with Crippen molar-refractivity contribution in [2.24, 2.45) is 0 Å². The predicted molar refractivity (Wildman–Crippen MR) is 78.5 cm³/mol. The fourth-order valence-corrected chi connectivity index (χ4v) is 2.22. The van der Waals surface area contributed by atoms with Crippen LogP contribution >= 0.6 is 11.6 Å². The highest BCUT2D eigenvalue weighted by atomic mass is 35.5. The maximum absolute atomic E-state index is 12.2. The Kier molecular flexibility index (Phi) is 5.03. The first-order valence-electron chi connectivity index (χ1n) is 6.88. The molecule has 1 aliphatic rings. The van der Waals surface area contributed by atoms with Gasteiger partial charge in [0, 0.05) is 5.02 Å². The lowest BCUT2D eigenvalue weighted by molar-refractivity contribution is -0.151. The highest BCUT2D eigenvalue weighted by Gasteiger charge is 2.52. The second-order valence-corrected chi connectivity index (χ2v) is 5.37. The number of carbonyl (C=O) groups excluding carboxylic acids is 3. The molecule has 118 valence electrons. The lowest BCUT2D eigenvalue weighted by Gasteiger charge is -2.14. The average molecular weight is 326 g/mol. The molecule has 1 fully saturated rings. The van der Waals surface area contributed by atoms with Gasteiger partial charge >= 0.3 is 12.1 Å². The minimum atomic E-state index is -0.859. The summed E-state index contributed by atoms with van der Waals surface area (Å²) in [6.07, 6.45) is 0.460. The quantitative estimate of drug-likeness (QED) is 0.839. The van der Waals surface area contributed by atoms with Gasteiger partial charge in [-0.25, -0.2) is 4.79 Å². The minimum Gasteiger partial charge on any atom is -0.455 e. The van der Waals surface area contributed by atoms with Crippen molar-refractivity contribution in [2.45, 2.75) is 25.2 Å². The molecule has 0 saturated heterocycles. The van der Waals surface area contributed by atoms with Crippen molar-refractivity contribution in [2.75, 3.05) is 13.2 Å². The fourth-order valence-electron chi connectivity index (χ4n) is 2.09. The number of benzene rings is 1. The first-order valence-corrected chi connectivity index (χ1v) is 7.25. The van der Waals surface area contributed by atoms with Crippen LogP contribution in [0.3, 0.4) is 0 Å². The van der Waals surface area contributed by atoms with Gasteiger partial charge in [-0.3, -0.25) is 14.9 Å². The van der Waals surface area contributed by atoms with Gasteiger partial charge in [0.1, 0.15) is 0 Å². The van der Waals surface area contributed by atoms with Crippen LogP contribution in [0, 0.1) is 0 Å². The molecule has 6 nitrogen and oxygen atoms in total. The number of hydrogen-bond donors (Lipinski definition) is 1. The van der Waals surface area contributed by atoms with E-state index in [1.165, 1.54) is 0 Å². The van der Waals surface area contributed by atoms with E-state index in [4.69, 9.17) is 16.3 Å². The van der Waals surface area contributed by atoms with Gasteiger partial charge in [-0.2, -0.15) is 0 Å². The van der Waals surface area contributed by atoms with Crippen LogP contribution in [-0.2, 0) is 24.5 Å². The van der Waals surface area contributed by atoms with Gasteiger partial charge in [0.25, 0.3) is 5.91 Å². The Morgan fingerprint density at radius 2 is 1.82 bits per heavy atom. The normalized spacial score (nSPS) is 14.8. The topological polar surface area (TPSA) is 81.7 Å². The number of nitrogens with one attached hydrogen (secondary N) is 1. The van der Waals surface area contributed by atoms with Crippen molar-refractivity contribution in [1.29, 1.82) is 0 Å². The largest absolute Gasteiger partial charge is 0.455 e. The van der Waals surface area contributed by atoms with Gasteiger partial charge in [0.05, 0.1) is 12.0 Å². The number of amides is 2. The van der Waals surface area contributed by atoms with Gasteiger partial charge in [-0.05, 0) is 37.5 Å². The van der Waals surface area contributed by atoms with Crippen LogP contribution in [0.15, 0.2) is 24.3 Å². The molecule has 22 heavy (non-hydrogen) atoms. The Hall–Kier alpha value is -2.08. The standard InChI is InChI=1S/C15H16ClNO5/c1-2-21-14(20)17-12(18)9-22-13(19)15(7-8-15)10-3-5-11(16)6-4-10/h3-6H,2,7-9H2,1H3,(H,17,18,20). The zero-order valence-corrected chi connectivity index (χ0v) is 12.8. The van der Waals surface area contributed by atoms with Gasteiger partial charge in [0.15, 0.2) is 6.61 Å². The van der Waals surface area contributed by atoms with Gasteiger partial charge in [0.2, 0.25) is 0 Å². The van der Waals surface area contributed by atoms with Crippen molar-refractivity contribution in [3.63, 3.8) is 0 Å². The Labute approximate surface area is 132 Å². The first kappa shape index (κ1) is 16.3. The molecule has 0 aromatic heterocycles. The second kappa shape index (κ2) is 6.79. The minimum absolute atomic E-state index is 0.151. The van der Waals surface area contributed by atoms with Crippen LogP contribution < -0.4 is 5.32 Å². The summed E-state index contributed by atoms with van der Waals surface area (Å²) >= 11 is 5.83. The van der Waals surface area contributed by atoms with E-state index < -0.39 is 30.0 Å². The van der Waals surface area contributed by atoms with Gasteiger partial charge in [-0.1, -0.05) is 23.7 Å². The van der Waals surface area contributed by atoms with Crippen LogP contribution in [-0.4, -0.2) is 31.2 Å². The molecule has 1 saturated carbocycles. The lowest BCUT2D eigenvalue weighted by Crippen LogP contribution is -2.36. The van der Waals surface area contributed by atoms with Crippen molar-refractivity contribution in [3.8, 4) is 0 Å². The molecule has 0 heterocycles. The first-order chi connectivity index (χ1) is 10.5. The Balaban J connectivity index is 1.88. The van der Waals surface area contributed by atoms with E-state index >= 15 is 0 Å². The van der Waals surface area contributed by atoms with Gasteiger partial charge in [-0.15, -0.1) is 0 Å². The Morgan fingerprint density at radius 1 is 1.18 bits per heavy atom. The van der Waals surface area contributed by atoms with Crippen LogP contribution in [0.25, 0.3) is 0 Å². The van der Waals surface area contributed by atoms with E-state index in [9.17, 15) is 14.4 Å². The van der Waals surface area contributed by atoms with E-state index in [1.807, 2.05) is 5.32 Å². The molecule has 0 unspecified atom stereocenters. The number of esters is 1. The van der Waals surface area contributed by atoms with E-state index in [0.29, 0.717) is 17.9 Å². The molecule has 1 aromatic rings. The fraction of sp³-hybridized carbons (Fsp3) is 0.400. The molecule has 0 aliphatic heterocycles. The molecule has 7 heteroatoms. The van der Waals surface area contributed by atoms with Crippen molar-refractivity contribution in [3.05, 3.63) is 34.9 Å².